The van der Waals surface area contributed by atoms with Gasteiger partial charge in [0, 0.05) is 55.3 Å². The first kappa shape index (κ1) is 30.9. The molecule has 42 heavy (non-hydrogen) atoms. The molecule has 2 aromatic rings. The second-order valence-corrected chi connectivity index (χ2v) is 10.1. The summed E-state index contributed by atoms with van der Waals surface area (Å²) in [5, 5.41) is 7.98. The van der Waals surface area contributed by atoms with Crippen molar-refractivity contribution in [3.8, 4) is 5.75 Å². The monoisotopic (exact) mass is 600 g/mol. The van der Waals surface area contributed by atoms with Crippen LogP contribution in [0.25, 0.3) is 0 Å². The van der Waals surface area contributed by atoms with Crippen molar-refractivity contribution < 1.29 is 45.8 Å². The first-order chi connectivity index (χ1) is 19.7. The quantitative estimate of drug-likeness (QED) is 0.373. The molecule has 4 amide bonds. The molecule has 2 saturated heterocycles. The van der Waals surface area contributed by atoms with Crippen LogP contribution in [0, 0.1) is 17.6 Å². The molecule has 11 nitrogen and oxygen atoms in total. The first-order valence-electron chi connectivity index (χ1n) is 12.8. The third-order valence-electron chi connectivity index (χ3n) is 7.56. The Kier molecular flexibility index (Phi) is 8.59. The van der Waals surface area contributed by atoms with Crippen LogP contribution in [0.3, 0.4) is 0 Å². The molecule has 4 atom stereocenters. The number of alkyl halides is 3. The van der Waals surface area contributed by atoms with Gasteiger partial charge in [-0.05, 0) is 19.1 Å². The van der Waals surface area contributed by atoms with Gasteiger partial charge in [-0.3, -0.25) is 14.9 Å². The molecule has 0 bridgehead atoms. The molecular weight excluding hydrogens is 571 g/mol. The van der Waals surface area contributed by atoms with Gasteiger partial charge in [-0.1, -0.05) is 13.0 Å². The van der Waals surface area contributed by atoms with Gasteiger partial charge >= 0.3 is 12.2 Å². The lowest BCUT2D eigenvalue weighted by molar-refractivity contribution is -0.272. The number of primary amides is 1. The smallest absolute Gasteiger partial charge is 0.417 e. The highest BCUT2D eigenvalue weighted by atomic mass is 19.4. The van der Waals surface area contributed by atoms with Gasteiger partial charge in [-0.2, -0.15) is 17.6 Å². The normalized spacial score (nSPS) is 24.3. The maximum Gasteiger partial charge on any atom is 0.417 e. The molecule has 0 unspecified atom stereocenters. The van der Waals surface area contributed by atoms with Crippen LogP contribution in [0.5, 0.6) is 5.75 Å². The van der Waals surface area contributed by atoms with E-state index in [1.807, 2.05) is 0 Å². The van der Waals surface area contributed by atoms with Crippen molar-refractivity contribution in [3.05, 3.63) is 47.2 Å². The lowest BCUT2D eigenvalue weighted by atomic mass is 9.77. The Labute approximate surface area is 236 Å². The topological polar surface area (TPSA) is 148 Å². The molecule has 228 valence electrons. The number of urea groups is 1. The van der Waals surface area contributed by atoms with E-state index in [1.165, 1.54) is 17.9 Å². The number of nitrogens with one attached hydrogen (secondary N) is 3. The minimum Gasteiger partial charge on any atom is -0.493 e. The SMILES string of the molecule is COc1c([C@H]2[C@H](C(=O)Nc3cc(NC(=O)N4CCNCC4)nc(C(N)=O)c3)O[C@@](C)(C(F)(F)F)[C@H]2C)ccc(F)c1F. The number of benzene rings is 1. The van der Waals surface area contributed by atoms with Crippen molar-refractivity contribution in [2.24, 2.45) is 11.7 Å². The number of carbonyl (C=O) groups excluding carboxylic acids is 3. The van der Waals surface area contributed by atoms with Gasteiger partial charge in [-0.15, -0.1) is 0 Å². The summed E-state index contributed by atoms with van der Waals surface area (Å²) in [7, 11) is 1.01. The largest absolute Gasteiger partial charge is 0.493 e. The maximum atomic E-state index is 14.6. The van der Waals surface area contributed by atoms with Gasteiger partial charge in [0.25, 0.3) is 11.8 Å². The number of pyridine rings is 1. The third-order valence-corrected chi connectivity index (χ3v) is 7.56. The molecule has 3 heterocycles. The molecule has 16 heteroatoms. The van der Waals surface area contributed by atoms with Crippen molar-refractivity contribution in [2.75, 3.05) is 43.9 Å². The Morgan fingerprint density at radius 1 is 1.17 bits per heavy atom. The summed E-state index contributed by atoms with van der Waals surface area (Å²) in [6.45, 7) is 3.84. The van der Waals surface area contributed by atoms with E-state index in [9.17, 15) is 36.3 Å². The number of methoxy groups -OCH3 is 1. The van der Waals surface area contributed by atoms with Crippen molar-refractivity contribution >= 4 is 29.4 Å². The van der Waals surface area contributed by atoms with Crippen LogP contribution in [-0.2, 0) is 9.53 Å². The summed E-state index contributed by atoms with van der Waals surface area (Å²) in [5.41, 5.74) is 1.78. The molecule has 2 fully saturated rings. The second-order valence-electron chi connectivity index (χ2n) is 10.1. The summed E-state index contributed by atoms with van der Waals surface area (Å²) < 4.78 is 81.5. The number of nitrogens with two attached hydrogens (primary N) is 1. The van der Waals surface area contributed by atoms with Gasteiger partial charge in [0.15, 0.2) is 17.2 Å². The van der Waals surface area contributed by atoms with Crippen LogP contribution >= 0.6 is 0 Å². The molecule has 0 radical (unpaired) electrons. The summed E-state index contributed by atoms with van der Waals surface area (Å²) in [5.74, 6) is -8.61. The standard InChI is InChI=1S/C26H29F5N6O5/c1-12-18(14-4-5-15(27)19(28)20(14)41-3)21(42-25(12,2)26(29,30)31)23(39)34-13-10-16(22(32)38)35-17(11-13)36-24(40)37-8-6-33-7-9-37/h4-5,10-12,18,21,33H,6-9H2,1-3H3,(H2,32,38)(H2,34,35,36,39,40)/t12-,18-,21+,25+/m0/s1. The number of rotatable bonds is 6. The van der Waals surface area contributed by atoms with Gasteiger partial charge in [0.2, 0.25) is 5.82 Å². The number of piperazine rings is 1. The van der Waals surface area contributed by atoms with Gasteiger partial charge < -0.3 is 30.7 Å². The van der Waals surface area contributed by atoms with Crippen LogP contribution in [0.1, 0.15) is 35.8 Å². The Morgan fingerprint density at radius 3 is 2.43 bits per heavy atom. The molecule has 0 saturated carbocycles. The minimum atomic E-state index is -4.96. The number of aromatic nitrogens is 1. The molecule has 0 spiro atoms. The van der Waals surface area contributed by atoms with Crippen molar-refractivity contribution in [2.45, 2.75) is 37.6 Å². The highest BCUT2D eigenvalue weighted by Gasteiger charge is 2.66. The molecular formula is C26H29F5N6O5. The van der Waals surface area contributed by atoms with Crippen LogP contribution in [0.2, 0.25) is 0 Å². The average molecular weight is 601 g/mol. The maximum absolute atomic E-state index is 14.6. The van der Waals surface area contributed by atoms with Gasteiger partial charge in [0.05, 0.1) is 7.11 Å². The molecule has 2 aliphatic heterocycles. The Balaban J connectivity index is 1.69. The summed E-state index contributed by atoms with van der Waals surface area (Å²) in [4.78, 5) is 43.6. The third kappa shape index (κ3) is 5.81. The predicted molar refractivity (Wildman–Crippen MR) is 139 cm³/mol. The number of halogens is 5. The fraction of sp³-hybridized carbons (Fsp3) is 0.462. The number of hydrogen-bond donors (Lipinski definition) is 4. The van der Waals surface area contributed by atoms with E-state index < -0.39 is 64.9 Å². The molecule has 4 rings (SSSR count). The van der Waals surface area contributed by atoms with Gasteiger partial charge in [-0.25, -0.2) is 14.2 Å². The summed E-state index contributed by atoms with van der Waals surface area (Å²) in [6, 6.07) is 3.45. The molecule has 2 aliphatic rings. The number of hydrogen-bond acceptors (Lipinski definition) is 7. The molecule has 0 aliphatic carbocycles. The van der Waals surface area contributed by atoms with Crippen LogP contribution in [0.4, 0.5) is 38.3 Å². The zero-order valence-electron chi connectivity index (χ0n) is 22.8. The fourth-order valence-corrected chi connectivity index (χ4v) is 5.10. The fourth-order valence-electron chi connectivity index (χ4n) is 5.10. The van der Waals surface area contributed by atoms with E-state index >= 15 is 0 Å². The van der Waals surface area contributed by atoms with Crippen molar-refractivity contribution in [1.29, 1.82) is 0 Å². The highest BCUT2D eigenvalue weighted by Crippen LogP contribution is 2.55. The Bertz CT molecular complexity index is 1390. The van der Waals surface area contributed by atoms with E-state index in [4.69, 9.17) is 15.2 Å². The molecule has 5 N–H and O–H groups in total. The number of ether oxygens (including phenoxy) is 2. The Hall–Kier alpha value is -4.05. The van der Waals surface area contributed by atoms with Crippen LogP contribution in [-0.4, -0.2) is 78.9 Å². The minimum absolute atomic E-state index is 0.146. The zero-order chi connectivity index (χ0) is 31.0. The van der Waals surface area contributed by atoms with Crippen LogP contribution < -0.4 is 26.4 Å². The van der Waals surface area contributed by atoms with E-state index in [-0.39, 0.29) is 22.8 Å². The Morgan fingerprint density at radius 2 is 1.83 bits per heavy atom. The van der Waals surface area contributed by atoms with Crippen molar-refractivity contribution in [1.82, 2.24) is 15.2 Å². The van der Waals surface area contributed by atoms with Crippen LogP contribution in [0.15, 0.2) is 24.3 Å². The van der Waals surface area contributed by atoms with E-state index in [1.54, 1.807) is 0 Å². The lowest BCUT2D eigenvalue weighted by Gasteiger charge is -2.32. The first-order valence-corrected chi connectivity index (χ1v) is 12.8. The molecule has 1 aromatic carbocycles. The second kappa shape index (κ2) is 11.7. The number of carbonyl (C=O) groups is 3. The number of anilines is 2. The van der Waals surface area contributed by atoms with E-state index in [2.05, 4.69) is 20.9 Å². The average Bonchev–Trinajstić information content (AvgIpc) is 3.22. The number of amides is 4. The van der Waals surface area contributed by atoms with Crippen molar-refractivity contribution in [3.63, 3.8) is 0 Å². The lowest BCUT2D eigenvalue weighted by Crippen LogP contribution is -2.48. The summed E-state index contributed by atoms with van der Waals surface area (Å²) >= 11 is 0. The summed E-state index contributed by atoms with van der Waals surface area (Å²) in [6.07, 6.45) is -6.84. The van der Waals surface area contributed by atoms with Gasteiger partial charge in [0.1, 0.15) is 17.6 Å². The highest BCUT2D eigenvalue weighted by molar-refractivity contribution is 5.99. The zero-order valence-corrected chi connectivity index (χ0v) is 22.8. The van der Waals surface area contributed by atoms with E-state index in [0.29, 0.717) is 32.2 Å². The predicted octanol–water partition coefficient (Wildman–Crippen LogP) is 2.98. The number of nitrogens with zero attached hydrogens (tertiary/aromatic N) is 2. The van der Waals surface area contributed by atoms with E-state index in [0.717, 1.165) is 26.2 Å². The molecule has 1 aromatic heterocycles.